The molecule has 132 valence electrons. The van der Waals surface area contributed by atoms with Gasteiger partial charge in [0, 0.05) is 12.1 Å². The average molecular weight is 364 g/mol. The first-order valence-electron chi connectivity index (χ1n) is 7.40. The Hall–Kier alpha value is -2.73. The second kappa shape index (κ2) is 8.39. The lowest BCUT2D eigenvalue weighted by molar-refractivity contribution is -0.119. The van der Waals surface area contributed by atoms with Crippen LogP contribution in [0.15, 0.2) is 36.4 Å². The number of carbonyl (C=O) groups excluding carboxylic acids is 2. The summed E-state index contributed by atoms with van der Waals surface area (Å²) < 4.78 is 15.3. The van der Waals surface area contributed by atoms with Crippen molar-refractivity contribution in [3.8, 4) is 11.5 Å². The summed E-state index contributed by atoms with van der Waals surface area (Å²) >= 11 is 6.02. The zero-order chi connectivity index (χ0) is 18.4. The molecule has 0 fully saturated rings. The third-order valence-corrected chi connectivity index (χ3v) is 3.74. The lowest BCUT2D eigenvalue weighted by Gasteiger charge is -2.13. The van der Waals surface area contributed by atoms with Gasteiger partial charge in [-0.2, -0.15) is 0 Å². The van der Waals surface area contributed by atoms with Crippen LogP contribution in [0.25, 0.3) is 0 Å². The molecule has 0 aliphatic carbocycles. The van der Waals surface area contributed by atoms with E-state index in [4.69, 9.17) is 25.8 Å². The van der Waals surface area contributed by atoms with Crippen molar-refractivity contribution in [1.82, 2.24) is 0 Å². The number of anilines is 1. The molecule has 0 unspecified atom stereocenters. The number of amides is 1. The van der Waals surface area contributed by atoms with Gasteiger partial charge >= 0.3 is 5.97 Å². The minimum Gasteiger partial charge on any atom is -0.495 e. The zero-order valence-electron chi connectivity index (χ0n) is 14.1. The molecule has 0 aliphatic heterocycles. The van der Waals surface area contributed by atoms with Gasteiger partial charge in [0.25, 0.3) is 5.91 Å². The maximum Gasteiger partial charge on any atom is 0.338 e. The smallest absolute Gasteiger partial charge is 0.338 e. The Labute approximate surface area is 150 Å². The Morgan fingerprint density at radius 3 is 2.40 bits per heavy atom. The van der Waals surface area contributed by atoms with Gasteiger partial charge in [0.2, 0.25) is 0 Å². The minimum absolute atomic E-state index is 0.350. The van der Waals surface area contributed by atoms with E-state index in [9.17, 15) is 9.59 Å². The number of rotatable bonds is 6. The van der Waals surface area contributed by atoms with Gasteiger partial charge in [-0.25, -0.2) is 4.79 Å². The number of benzene rings is 2. The van der Waals surface area contributed by atoms with E-state index in [0.717, 1.165) is 5.56 Å². The van der Waals surface area contributed by atoms with Gasteiger partial charge < -0.3 is 19.5 Å². The van der Waals surface area contributed by atoms with Crippen LogP contribution in [0.4, 0.5) is 5.69 Å². The van der Waals surface area contributed by atoms with Crippen molar-refractivity contribution in [2.24, 2.45) is 0 Å². The summed E-state index contributed by atoms with van der Waals surface area (Å²) in [5.74, 6) is -0.322. The quantitative estimate of drug-likeness (QED) is 0.795. The van der Waals surface area contributed by atoms with E-state index in [2.05, 4.69) is 5.32 Å². The first kappa shape index (κ1) is 18.6. The van der Waals surface area contributed by atoms with E-state index in [-0.39, 0.29) is 0 Å². The van der Waals surface area contributed by atoms with E-state index in [1.54, 1.807) is 25.1 Å². The van der Waals surface area contributed by atoms with Crippen molar-refractivity contribution in [2.45, 2.75) is 6.92 Å². The van der Waals surface area contributed by atoms with Crippen LogP contribution in [0.2, 0.25) is 5.02 Å². The number of hydrogen-bond acceptors (Lipinski definition) is 5. The molecule has 2 rings (SSSR count). The molecule has 0 atom stereocenters. The van der Waals surface area contributed by atoms with E-state index < -0.39 is 18.5 Å². The molecule has 0 bridgehead atoms. The summed E-state index contributed by atoms with van der Waals surface area (Å²) in [6.45, 7) is 1.36. The molecule has 7 heteroatoms. The number of esters is 1. The molecule has 1 amide bonds. The van der Waals surface area contributed by atoms with E-state index in [1.165, 1.54) is 26.4 Å². The standard InChI is InChI=1S/C18H18ClNO5/c1-11-6-4-5-7-12(11)18(22)25-10-17(21)20-14-9-15(23-2)13(19)8-16(14)24-3/h4-9H,10H2,1-3H3,(H,20,21). The Morgan fingerprint density at radius 1 is 1.08 bits per heavy atom. The van der Waals surface area contributed by atoms with Crippen molar-refractivity contribution < 1.29 is 23.8 Å². The monoisotopic (exact) mass is 363 g/mol. The molecule has 6 nitrogen and oxygen atoms in total. The molecular weight excluding hydrogens is 346 g/mol. The highest BCUT2D eigenvalue weighted by atomic mass is 35.5. The van der Waals surface area contributed by atoms with Gasteiger partial charge in [0.1, 0.15) is 11.5 Å². The summed E-state index contributed by atoms with van der Waals surface area (Å²) in [5, 5.41) is 2.96. The van der Waals surface area contributed by atoms with Gasteiger partial charge in [-0.1, -0.05) is 29.8 Å². The Morgan fingerprint density at radius 2 is 1.76 bits per heavy atom. The molecule has 0 aromatic heterocycles. The highest BCUT2D eigenvalue weighted by Gasteiger charge is 2.15. The maximum atomic E-state index is 12.1. The molecule has 0 spiro atoms. The maximum absolute atomic E-state index is 12.1. The second-order valence-electron chi connectivity index (χ2n) is 5.13. The van der Waals surface area contributed by atoms with Crippen molar-refractivity contribution in [3.63, 3.8) is 0 Å². The Kier molecular flexibility index (Phi) is 6.25. The summed E-state index contributed by atoms with van der Waals surface area (Å²) in [4.78, 5) is 24.1. The predicted molar refractivity (Wildman–Crippen MR) is 94.6 cm³/mol. The van der Waals surface area contributed by atoms with E-state index in [0.29, 0.717) is 27.8 Å². The topological polar surface area (TPSA) is 73.9 Å². The molecule has 0 saturated heterocycles. The van der Waals surface area contributed by atoms with Crippen molar-refractivity contribution in [2.75, 3.05) is 26.1 Å². The number of methoxy groups -OCH3 is 2. The lowest BCUT2D eigenvalue weighted by Crippen LogP contribution is -2.21. The number of aryl methyl sites for hydroxylation is 1. The first-order chi connectivity index (χ1) is 12.0. The SMILES string of the molecule is COc1cc(NC(=O)COC(=O)c2ccccc2C)c(OC)cc1Cl. The number of nitrogens with one attached hydrogen (secondary N) is 1. The highest BCUT2D eigenvalue weighted by Crippen LogP contribution is 2.35. The van der Waals surface area contributed by atoms with Crippen molar-refractivity contribution in [3.05, 3.63) is 52.5 Å². The highest BCUT2D eigenvalue weighted by molar-refractivity contribution is 6.32. The lowest BCUT2D eigenvalue weighted by atomic mass is 10.1. The van der Waals surface area contributed by atoms with Gasteiger partial charge in [0.15, 0.2) is 6.61 Å². The molecule has 25 heavy (non-hydrogen) atoms. The molecular formula is C18H18ClNO5. The third kappa shape index (κ3) is 4.64. The van der Waals surface area contributed by atoms with Gasteiger partial charge in [0.05, 0.1) is 30.5 Å². The average Bonchev–Trinajstić information content (AvgIpc) is 2.61. The van der Waals surface area contributed by atoms with Crippen LogP contribution in [0.1, 0.15) is 15.9 Å². The number of hydrogen-bond donors (Lipinski definition) is 1. The van der Waals surface area contributed by atoms with Crippen LogP contribution in [0, 0.1) is 6.92 Å². The summed E-state index contributed by atoms with van der Waals surface area (Å²) in [6, 6.07) is 10.0. The molecule has 0 aliphatic rings. The zero-order valence-corrected chi connectivity index (χ0v) is 14.8. The van der Waals surface area contributed by atoms with E-state index in [1.807, 2.05) is 6.07 Å². The fourth-order valence-corrected chi connectivity index (χ4v) is 2.39. The van der Waals surface area contributed by atoms with Crippen LogP contribution < -0.4 is 14.8 Å². The predicted octanol–water partition coefficient (Wildman–Crippen LogP) is 3.46. The Balaban J connectivity index is 2.03. The van der Waals surface area contributed by atoms with Gasteiger partial charge in [-0.3, -0.25) is 4.79 Å². The summed E-state index contributed by atoms with van der Waals surface area (Å²) in [5.41, 5.74) is 1.55. The van der Waals surface area contributed by atoms with Crippen LogP contribution >= 0.6 is 11.6 Å². The normalized spacial score (nSPS) is 10.1. The number of ether oxygens (including phenoxy) is 3. The third-order valence-electron chi connectivity index (χ3n) is 3.45. The minimum atomic E-state index is -0.561. The molecule has 0 saturated carbocycles. The van der Waals surface area contributed by atoms with Gasteiger partial charge in [-0.05, 0) is 18.6 Å². The Bertz CT molecular complexity index is 791. The molecule has 0 radical (unpaired) electrons. The van der Waals surface area contributed by atoms with Crippen molar-refractivity contribution >= 4 is 29.2 Å². The largest absolute Gasteiger partial charge is 0.495 e. The fourth-order valence-electron chi connectivity index (χ4n) is 2.16. The van der Waals surface area contributed by atoms with Crippen LogP contribution in [-0.2, 0) is 9.53 Å². The number of halogens is 1. The van der Waals surface area contributed by atoms with E-state index >= 15 is 0 Å². The number of carbonyl (C=O) groups is 2. The molecule has 0 heterocycles. The van der Waals surface area contributed by atoms with Crippen molar-refractivity contribution in [1.29, 1.82) is 0 Å². The van der Waals surface area contributed by atoms with Gasteiger partial charge in [-0.15, -0.1) is 0 Å². The van der Waals surface area contributed by atoms with Crippen LogP contribution in [0.5, 0.6) is 11.5 Å². The fraction of sp³-hybridized carbons (Fsp3) is 0.222. The summed E-state index contributed by atoms with van der Waals surface area (Å²) in [6.07, 6.45) is 0. The molecule has 2 aromatic rings. The molecule has 1 N–H and O–H groups in total. The first-order valence-corrected chi connectivity index (χ1v) is 7.78. The second-order valence-corrected chi connectivity index (χ2v) is 5.53. The summed E-state index contributed by atoms with van der Waals surface area (Å²) in [7, 11) is 2.91. The molecule has 2 aromatic carbocycles. The van der Waals surface area contributed by atoms with Crippen LogP contribution in [-0.4, -0.2) is 32.7 Å². The van der Waals surface area contributed by atoms with Crippen LogP contribution in [0.3, 0.4) is 0 Å².